The zero-order valence-electron chi connectivity index (χ0n) is 12.3. The molecule has 0 unspecified atom stereocenters. The van der Waals surface area contributed by atoms with E-state index in [1.807, 2.05) is 6.21 Å². The summed E-state index contributed by atoms with van der Waals surface area (Å²) in [6.07, 6.45) is 2.00. The van der Waals surface area contributed by atoms with Crippen molar-refractivity contribution in [3.63, 3.8) is 0 Å². The number of nitrogens with zero attached hydrogens (tertiary/aromatic N) is 1. The van der Waals surface area contributed by atoms with Crippen LogP contribution in [0.2, 0.25) is 0 Å². The Hall–Kier alpha value is -1.15. The van der Waals surface area contributed by atoms with Crippen molar-refractivity contribution in [2.45, 2.75) is 47.1 Å². The number of aliphatic imine (C=N–C) groups is 1. The van der Waals surface area contributed by atoms with Crippen LogP contribution in [0.15, 0.2) is 17.1 Å². The normalized spacial score (nSPS) is 12.0. The molecule has 1 aromatic carbocycles. The first-order chi connectivity index (χ1) is 8.45. The van der Waals surface area contributed by atoms with Crippen molar-refractivity contribution in [2.24, 2.45) is 16.6 Å². The van der Waals surface area contributed by atoms with E-state index < -0.39 is 0 Å². The standard InChI is InChI=1S/C16H26N2/c1-11(2)9-18-10-16-7-14(12(3)4)6-15(8-17)13(16)5/h6-7,10-12H,8-9,17H2,1-5H3. The Morgan fingerprint density at radius 3 is 2.39 bits per heavy atom. The molecule has 0 amide bonds. The van der Waals surface area contributed by atoms with E-state index in [9.17, 15) is 0 Å². The summed E-state index contributed by atoms with van der Waals surface area (Å²) in [5.41, 5.74) is 10.9. The summed E-state index contributed by atoms with van der Waals surface area (Å²) < 4.78 is 0. The quantitative estimate of drug-likeness (QED) is 0.791. The highest BCUT2D eigenvalue weighted by Crippen LogP contribution is 2.21. The number of rotatable bonds is 5. The number of benzene rings is 1. The first-order valence-electron chi connectivity index (χ1n) is 6.79. The summed E-state index contributed by atoms with van der Waals surface area (Å²) in [6, 6.07) is 4.46. The van der Waals surface area contributed by atoms with Gasteiger partial charge in [-0.1, -0.05) is 33.8 Å². The zero-order valence-corrected chi connectivity index (χ0v) is 12.3. The molecule has 18 heavy (non-hydrogen) atoms. The highest BCUT2D eigenvalue weighted by molar-refractivity contribution is 5.82. The molecular formula is C16H26N2. The molecule has 0 spiro atoms. The Labute approximate surface area is 111 Å². The minimum Gasteiger partial charge on any atom is -0.326 e. The van der Waals surface area contributed by atoms with Gasteiger partial charge in [-0.25, -0.2) is 0 Å². The molecule has 0 aliphatic rings. The summed E-state index contributed by atoms with van der Waals surface area (Å²) >= 11 is 0. The van der Waals surface area contributed by atoms with E-state index in [0.29, 0.717) is 18.4 Å². The fourth-order valence-corrected chi connectivity index (χ4v) is 1.87. The van der Waals surface area contributed by atoms with Gasteiger partial charge in [-0.05, 0) is 47.1 Å². The summed E-state index contributed by atoms with van der Waals surface area (Å²) in [5, 5.41) is 0. The molecule has 0 radical (unpaired) electrons. The predicted octanol–water partition coefficient (Wildman–Crippen LogP) is 3.65. The number of hydrogen-bond donors (Lipinski definition) is 1. The fourth-order valence-electron chi connectivity index (χ4n) is 1.87. The van der Waals surface area contributed by atoms with Crippen molar-refractivity contribution in [2.75, 3.05) is 6.54 Å². The highest BCUT2D eigenvalue weighted by Gasteiger charge is 2.07. The second kappa shape index (κ2) is 6.69. The van der Waals surface area contributed by atoms with E-state index in [-0.39, 0.29) is 0 Å². The van der Waals surface area contributed by atoms with Crippen LogP contribution in [0.4, 0.5) is 0 Å². The van der Waals surface area contributed by atoms with Crippen LogP contribution in [0, 0.1) is 12.8 Å². The van der Waals surface area contributed by atoms with Gasteiger partial charge in [0.05, 0.1) is 0 Å². The molecule has 0 saturated heterocycles. The van der Waals surface area contributed by atoms with E-state index in [2.05, 4.69) is 51.7 Å². The average Bonchev–Trinajstić information content (AvgIpc) is 2.30. The number of hydrogen-bond acceptors (Lipinski definition) is 2. The summed E-state index contributed by atoms with van der Waals surface area (Å²) in [4.78, 5) is 4.51. The Balaban J connectivity index is 3.09. The maximum absolute atomic E-state index is 5.82. The first kappa shape index (κ1) is 14.9. The van der Waals surface area contributed by atoms with Crippen LogP contribution < -0.4 is 5.73 Å². The lowest BCUT2D eigenvalue weighted by Gasteiger charge is -2.13. The smallest absolute Gasteiger partial charge is 0.0412 e. The van der Waals surface area contributed by atoms with Crippen molar-refractivity contribution in [3.8, 4) is 0 Å². The van der Waals surface area contributed by atoms with Gasteiger partial charge in [-0.3, -0.25) is 4.99 Å². The third kappa shape index (κ3) is 3.95. The van der Waals surface area contributed by atoms with E-state index in [1.165, 1.54) is 22.3 Å². The van der Waals surface area contributed by atoms with E-state index in [0.717, 1.165) is 6.54 Å². The minimum atomic E-state index is 0.521. The van der Waals surface area contributed by atoms with Crippen LogP contribution in [0.1, 0.15) is 55.9 Å². The molecule has 100 valence electrons. The van der Waals surface area contributed by atoms with Gasteiger partial charge in [0.15, 0.2) is 0 Å². The minimum absolute atomic E-state index is 0.521. The summed E-state index contributed by atoms with van der Waals surface area (Å²) in [7, 11) is 0. The Kier molecular flexibility index (Phi) is 5.54. The van der Waals surface area contributed by atoms with Crippen molar-refractivity contribution in [1.82, 2.24) is 0 Å². The van der Waals surface area contributed by atoms with Gasteiger partial charge in [0.1, 0.15) is 0 Å². The Morgan fingerprint density at radius 1 is 1.22 bits per heavy atom. The van der Waals surface area contributed by atoms with E-state index >= 15 is 0 Å². The van der Waals surface area contributed by atoms with Crippen molar-refractivity contribution in [3.05, 3.63) is 34.4 Å². The predicted molar refractivity (Wildman–Crippen MR) is 80.5 cm³/mol. The molecular weight excluding hydrogens is 220 g/mol. The van der Waals surface area contributed by atoms with Gasteiger partial charge in [0, 0.05) is 19.3 Å². The van der Waals surface area contributed by atoms with E-state index in [4.69, 9.17) is 5.73 Å². The Morgan fingerprint density at radius 2 is 1.89 bits per heavy atom. The van der Waals surface area contributed by atoms with Crippen molar-refractivity contribution in [1.29, 1.82) is 0 Å². The van der Waals surface area contributed by atoms with Gasteiger partial charge in [0.2, 0.25) is 0 Å². The lowest BCUT2D eigenvalue weighted by Crippen LogP contribution is -2.05. The summed E-state index contributed by atoms with van der Waals surface area (Å²) in [5.74, 6) is 1.12. The molecule has 2 nitrogen and oxygen atoms in total. The molecule has 0 heterocycles. The maximum Gasteiger partial charge on any atom is 0.0412 e. The van der Waals surface area contributed by atoms with Crippen LogP contribution in [-0.4, -0.2) is 12.8 Å². The topological polar surface area (TPSA) is 38.4 Å². The van der Waals surface area contributed by atoms with Crippen LogP contribution in [0.5, 0.6) is 0 Å². The largest absolute Gasteiger partial charge is 0.326 e. The van der Waals surface area contributed by atoms with Crippen molar-refractivity contribution >= 4 is 6.21 Å². The molecule has 0 aliphatic heterocycles. The maximum atomic E-state index is 5.82. The van der Waals surface area contributed by atoms with Gasteiger partial charge in [-0.2, -0.15) is 0 Å². The second-order valence-corrected chi connectivity index (χ2v) is 5.64. The fraction of sp³-hybridized carbons (Fsp3) is 0.562. The molecule has 0 fully saturated rings. The zero-order chi connectivity index (χ0) is 13.7. The van der Waals surface area contributed by atoms with E-state index in [1.54, 1.807) is 0 Å². The number of nitrogens with two attached hydrogens (primary N) is 1. The molecule has 0 aromatic heterocycles. The third-order valence-corrected chi connectivity index (χ3v) is 3.17. The Bertz CT molecular complexity index is 417. The monoisotopic (exact) mass is 246 g/mol. The molecule has 0 bridgehead atoms. The van der Waals surface area contributed by atoms with Gasteiger partial charge >= 0.3 is 0 Å². The molecule has 2 N–H and O–H groups in total. The van der Waals surface area contributed by atoms with Crippen LogP contribution >= 0.6 is 0 Å². The third-order valence-electron chi connectivity index (χ3n) is 3.17. The molecule has 0 atom stereocenters. The molecule has 0 aliphatic carbocycles. The summed E-state index contributed by atoms with van der Waals surface area (Å²) in [6.45, 7) is 12.4. The first-order valence-corrected chi connectivity index (χ1v) is 6.79. The van der Waals surface area contributed by atoms with Gasteiger partial charge in [0.25, 0.3) is 0 Å². The lowest BCUT2D eigenvalue weighted by molar-refractivity contribution is 0.667. The second-order valence-electron chi connectivity index (χ2n) is 5.64. The molecule has 0 saturated carbocycles. The van der Waals surface area contributed by atoms with Crippen LogP contribution in [0.25, 0.3) is 0 Å². The van der Waals surface area contributed by atoms with Crippen LogP contribution in [-0.2, 0) is 6.54 Å². The molecule has 1 aromatic rings. The molecule has 1 rings (SSSR count). The lowest BCUT2D eigenvalue weighted by atomic mass is 9.94. The SMILES string of the molecule is Cc1c(C=NCC(C)C)cc(C(C)C)cc1CN. The molecule has 2 heteroatoms. The van der Waals surface area contributed by atoms with Gasteiger partial charge < -0.3 is 5.73 Å². The highest BCUT2D eigenvalue weighted by atomic mass is 14.7. The van der Waals surface area contributed by atoms with Crippen molar-refractivity contribution < 1.29 is 0 Å². The average molecular weight is 246 g/mol. The van der Waals surface area contributed by atoms with Gasteiger partial charge in [-0.15, -0.1) is 0 Å². The van der Waals surface area contributed by atoms with Crippen LogP contribution in [0.3, 0.4) is 0 Å².